The fourth-order valence-corrected chi connectivity index (χ4v) is 5.89. The lowest BCUT2D eigenvalue weighted by Gasteiger charge is -2.36. The van der Waals surface area contributed by atoms with Crippen LogP contribution in [0.25, 0.3) is 11.1 Å². The summed E-state index contributed by atoms with van der Waals surface area (Å²) >= 11 is 0. The van der Waals surface area contributed by atoms with E-state index in [2.05, 4.69) is 75.0 Å². The Kier molecular flexibility index (Phi) is 12.6. The standard InChI is InChI=1S/C35H47NO3/c1-4-13-32(5-2)39-33-21-19-29(20-22-33)28-15-17-30(18-16-28)31-14-12-24-35(26-31,27-36)23-10-8-7-9-11-25-38-34(37)6-3/h6,15-22,31-32H,3-5,7-14,23-26H2,1-2H3. The van der Waals surface area contributed by atoms with Crippen molar-refractivity contribution in [3.63, 3.8) is 0 Å². The maximum atomic E-state index is 11.1. The second kappa shape index (κ2) is 16.1. The third-order valence-corrected chi connectivity index (χ3v) is 8.23. The molecule has 0 bridgehead atoms. The van der Waals surface area contributed by atoms with Gasteiger partial charge in [-0.3, -0.25) is 0 Å². The van der Waals surface area contributed by atoms with E-state index in [1.54, 1.807) is 0 Å². The first kappa shape index (κ1) is 30.5. The summed E-state index contributed by atoms with van der Waals surface area (Å²) in [6, 6.07) is 20.2. The SMILES string of the molecule is C=CC(=O)OCCCCCCCC1(C#N)CCCC(c2ccc(-c3ccc(OC(CC)CCC)cc3)cc2)C1. The van der Waals surface area contributed by atoms with Gasteiger partial charge in [0.1, 0.15) is 5.75 Å². The van der Waals surface area contributed by atoms with Crippen LogP contribution in [0.5, 0.6) is 5.75 Å². The summed E-state index contributed by atoms with van der Waals surface area (Å²) in [6.45, 7) is 8.26. The number of nitrogens with zero attached hydrogens (tertiary/aromatic N) is 1. The van der Waals surface area contributed by atoms with Gasteiger partial charge >= 0.3 is 5.97 Å². The molecule has 4 nitrogen and oxygen atoms in total. The molecule has 0 saturated heterocycles. The Balaban J connectivity index is 1.49. The van der Waals surface area contributed by atoms with Crippen LogP contribution in [0.2, 0.25) is 0 Å². The monoisotopic (exact) mass is 529 g/mol. The number of unbranched alkanes of at least 4 members (excludes halogenated alkanes) is 4. The molecule has 2 aromatic rings. The van der Waals surface area contributed by atoms with Gasteiger partial charge in [-0.1, -0.05) is 95.3 Å². The molecule has 3 unspecified atom stereocenters. The van der Waals surface area contributed by atoms with Gasteiger partial charge in [-0.15, -0.1) is 0 Å². The highest BCUT2D eigenvalue weighted by molar-refractivity contribution is 5.81. The zero-order chi connectivity index (χ0) is 27.9. The van der Waals surface area contributed by atoms with Crippen molar-refractivity contribution >= 4 is 5.97 Å². The van der Waals surface area contributed by atoms with Crippen LogP contribution in [0.15, 0.2) is 61.2 Å². The summed E-state index contributed by atoms with van der Waals surface area (Å²) < 4.78 is 11.2. The third-order valence-electron chi connectivity index (χ3n) is 8.23. The minimum Gasteiger partial charge on any atom is -0.490 e. The molecular formula is C35H47NO3. The van der Waals surface area contributed by atoms with Crippen LogP contribution in [0.1, 0.15) is 109 Å². The Morgan fingerprint density at radius 3 is 2.36 bits per heavy atom. The molecule has 1 fully saturated rings. The van der Waals surface area contributed by atoms with Gasteiger partial charge in [-0.05, 0) is 79.7 Å². The number of carbonyl (C=O) groups excluding carboxylic acids is 1. The van der Waals surface area contributed by atoms with Crippen LogP contribution in [-0.2, 0) is 9.53 Å². The zero-order valence-corrected chi connectivity index (χ0v) is 24.1. The number of benzene rings is 2. The second-order valence-corrected chi connectivity index (χ2v) is 11.2. The normalized spacial score (nSPS) is 19.6. The molecule has 39 heavy (non-hydrogen) atoms. The summed E-state index contributed by atoms with van der Waals surface area (Å²) in [7, 11) is 0. The fraction of sp³-hybridized carbons (Fsp3) is 0.543. The molecule has 0 amide bonds. The van der Waals surface area contributed by atoms with E-state index in [0.717, 1.165) is 89.2 Å². The smallest absolute Gasteiger partial charge is 0.330 e. The van der Waals surface area contributed by atoms with Crippen molar-refractivity contribution in [2.45, 2.75) is 109 Å². The van der Waals surface area contributed by atoms with Crippen molar-refractivity contribution in [3.05, 3.63) is 66.7 Å². The summed E-state index contributed by atoms with van der Waals surface area (Å²) in [6.07, 6.45) is 15.2. The van der Waals surface area contributed by atoms with E-state index in [4.69, 9.17) is 9.47 Å². The van der Waals surface area contributed by atoms with Gasteiger partial charge < -0.3 is 9.47 Å². The molecular weight excluding hydrogens is 482 g/mol. The van der Waals surface area contributed by atoms with E-state index < -0.39 is 0 Å². The Hall–Kier alpha value is -3.06. The molecule has 4 heteroatoms. The molecule has 0 radical (unpaired) electrons. The van der Waals surface area contributed by atoms with E-state index in [9.17, 15) is 10.1 Å². The lowest BCUT2D eigenvalue weighted by Crippen LogP contribution is -2.26. The highest BCUT2D eigenvalue weighted by Gasteiger charge is 2.36. The summed E-state index contributed by atoms with van der Waals surface area (Å²) in [5, 5.41) is 10.2. The van der Waals surface area contributed by atoms with Crippen LogP contribution in [-0.4, -0.2) is 18.7 Å². The lowest BCUT2D eigenvalue weighted by atomic mass is 9.66. The fourth-order valence-electron chi connectivity index (χ4n) is 5.89. The molecule has 1 saturated carbocycles. The largest absolute Gasteiger partial charge is 0.490 e. The number of nitriles is 1. The topological polar surface area (TPSA) is 59.3 Å². The molecule has 2 aromatic carbocycles. The maximum Gasteiger partial charge on any atom is 0.330 e. The molecule has 0 N–H and O–H groups in total. The lowest BCUT2D eigenvalue weighted by molar-refractivity contribution is -0.137. The van der Waals surface area contributed by atoms with Crippen LogP contribution >= 0.6 is 0 Å². The molecule has 1 aliphatic carbocycles. The molecule has 0 spiro atoms. The number of hydrogen-bond acceptors (Lipinski definition) is 4. The molecule has 0 heterocycles. The van der Waals surface area contributed by atoms with Gasteiger partial charge in [-0.25, -0.2) is 4.79 Å². The number of carbonyl (C=O) groups is 1. The number of ether oxygens (including phenoxy) is 2. The van der Waals surface area contributed by atoms with E-state index in [-0.39, 0.29) is 17.5 Å². The van der Waals surface area contributed by atoms with Crippen molar-refractivity contribution < 1.29 is 14.3 Å². The summed E-state index contributed by atoms with van der Waals surface area (Å²) in [5.41, 5.74) is 3.57. The summed E-state index contributed by atoms with van der Waals surface area (Å²) in [4.78, 5) is 11.1. The Bertz CT molecular complexity index is 1050. The van der Waals surface area contributed by atoms with E-state index in [1.807, 2.05) is 0 Å². The average Bonchev–Trinajstić information content (AvgIpc) is 2.98. The van der Waals surface area contributed by atoms with Gasteiger partial charge in [0.2, 0.25) is 0 Å². The van der Waals surface area contributed by atoms with Crippen molar-refractivity contribution in [2.24, 2.45) is 5.41 Å². The van der Waals surface area contributed by atoms with Gasteiger partial charge in [0, 0.05) is 6.08 Å². The van der Waals surface area contributed by atoms with Crippen LogP contribution in [0, 0.1) is 16.7 Å². The Morgan fingerprint density at radius 1 is 1.05 bits per heavy atom. The maximum absolute atomic E-state index is 11.1. The van der Waals surface area contributed by atoms with Crippen LogP contribution in [0.4, 0.5) is 0 Å². The van der Waals surface area contributed by atoms with E-state index >= 15 is 0 Å². The third kappa shape index (κ3) is 9.57. The molecule has 1 aliphatic rings. The number of esters is 1. The van der Waals surface area contributed by atoms with Gasteiger partial charge in [0.05, 0.1) is 24.2 Å². The van der Waals surface area contributed by atoms with Crippen molar-refractivity contribution in [1.29, 1.82) is 5.26 Å². The first-order valence-electron chi connectivity index (χ1n) is 15.1. The number of rotatable bonds is 16. The molecule has 0 aromatic heterocycles. The van der Waals surface area contributed by atoms with Crippen LogP contribution in [0.3, 0.4) is 0 Å². The van der Waals surface area contributed by atoms with Gasteiger partial charge in [0.25, 0.3) is 0 Å². The minimum atomic E-state index is -0.348. The van der Waals surface area contributed by atoms with Crippen molar-refractivity contribution in [2.75, 3.05) is 6.61 Å². The number of hydrogen-bond donors (Lipinski definition) is 0. The average molecular weight is 530 g/mol. The first-order chi connectivity index (χ1) is 19.0. The molecule has 3 rings (SSSR count). The Labute approximate surface area is 236 Å². The van der Waals surface area contributed by atoms with Crippen molar-refractivity contribution in [3.8, 4) is 22.9 Å². The molecule has 3 atom stereocenters. The highest BCUT2D eigenvalue weighted by Crippen LogP contribution is 2.47. The quantitative estimate of drug-likeness (QED) is 0.123. The van der Waals surface area contributed by atoms with Crippen LogP contribution < -0.4 is 4.74 Å². The Morgan fingerprint density at radius 2 is 1.72 bits per heavy atom. The highest BCUT2D eigenvalue weighted by atomic mass is 16.5. The van der Waals surface area contributed by atoms with Gasteiger partial charge in [-0.2, -0.15) is 5.26 Å². The zero-order valence-electron chi connectivity index (χ0n) is 24.1. The molecule has 210 valence electrons. The predicted molar refractivity (Wildman–Crippen MR) is 160 cm³/mol. The second-order valence-electron chi connectivity index (χ2n) is 11.2. The predicted octanol–water partition coefficient (Wildman–Crippen LogP) is 9.55. The first-order valence-corrected chi connectivity index (χ1v) is 15.1. The van der Waals surface area contributed by atoms with Crippen molar-refractivity contribution in [1.82, 2.24) is 0 Å². The summed E-state index contributed by atoms with van der Waals surface area (Å²) in [5.74, 6) is 1.05. The minimum absolute atomic E-state index is 0.203. The van der Waals surface area contributed by atoms with E-state index in [1.165, 1.54) is 22.8 Å². The van der Waals surface area contributed by atoms with E-state index in [0.29, 0.717) is 12.5 Å². The van der Waals surface area contributed by atoms with Gasteiger partial charge in [0.15, 0.2) is 0 Å². The molecule has 0 aliphatic heterocycles.